The van der Waals surface area contributed by atoms with E-state index < -0.39 is 0 Å². The third kappa shape index (κ3) is 3.53. The molecule has 2 amide bonds. The molecule has 1 atom stereocenters. The van der Waals surface area contributed by atoms with Crippen molar-refractivity contribution < 1.29 is 9.59 Å². The first kappa shape index (κ1) is 16.0. The maximum absolute atomic E-state index is 12.3. The summed E-state index contributed by atoms with van der Waals surface area (Å²) in [5.74, 6) is -0.571. The van der Waals surface area contributed by atoms with Crippen LogP contribution < -0.4 is 10.9 Å². The molecule has 0 aliphatic carbocycles. The highest BCUT2D eigenvalue weighted by molar-refractivity contribution is 5.97. The number of carbonyl (C=O) groups excluding carboxylic acids is 2. The summed E-state index contributed by atoms with van der Waals surface area (Å²) < 4.78 is 1.55. The van der Waals surface area contributed by atoms with E-state index in [-0.39, 0.29) is 29.7 Å². The number of amides is 2. The fraction of sp³-hybridized carbons (Fsp3) is 0.278. The molecule has 1 aliphatic heterocycles. The lowest BCUT2D eigenvalue weighted by atomic mass is 10.1. The van der Waals surface area contributed by atoms with E-state index in [1.54, 1.807) is 28.8 Å². The molecule has 6 heteroatoms. The predicted octanol–water partition coefficient (Wildman–Crippen LogP) is 1.31. The van der Waals surface area contributed by atoms with Gasteiger partial charge in [0.25, 0.3) is 5.56 Å². The molecule has 3 rings (SSSR count). The maximum atomic E-state index is 12.3. The number of hydrogen-bond acceptors (Lipinski definition) is 3. The molecule has 0 unspecified atom stereocenters. The van der Waals surface area contributed by atoms with Crippen LogP contribution in [0.1, 0.15) is 12.0 Å². The van der Waals surface area contributed by atoms with Gasteiger partial charge in [-0.25, -0.2) is 0 Å². The molecular formula is C18H19N3O3. The molecule has 124 valence electrons. The van der Waals surface area contributed by atoms with Crippen LogP contribution in [0.2, 0.25) is 0 Å². The van der Waals surface area contributed by atoms with Gasteiger partial charge < -0.3 is 14.8 Å². The van der Waals surface area contributed by atoms with E-state index >= 15 is 0 Å². The lowest BCUT2D eigenvalue weighted by molar-refractivity contribution is -0.127. The first-order valence-corrected chi connectivity index (χ1v) is 7.82. The van der Waals surface area contributed by atoms with Crippen LogP contribution in [0, 0.1) is 5.92 Å². The summed E-state index contributed by atoms with van der Waals surface area (Å²) in [5.41, 5.74) is 1.43. The minimum Gasteiger partial charge on any atom is -0.345 e. The normalized spacial score (nSPS) is 17.1. The molecule has 0 saturated carbocycles. The van der Waals surface area contributed by atoms with Crippen molar-refractivity contribution in [3.05, 3.63) is 64.6 Å². The zero-order chi connectivity index (χ0) is 17.1. The molecule has 0 spiro atoms. The molecule has 1 saturated heterocycles. The van der Waals surface area contributed by atoms with Crippen LogP contribution in [0.4, 0.5) is 5.69 Å². The quantitative estimate of drug-likeness (QED) is 0.921. The van der Waals surface area contributed by atoms with Crippen molar-refractivity contribution in [2.75, 3.05) is 18.9 Å². The molecular weight excluding hydrogens is 306 g/mol. The molecule has 2 heterocycles. The van der Waals surface area contributed by atoms with Gasteiger partial charge in [0, 0.05) is 32.3 Å². The second-order valence-electron chi connectivity index (χ2n) is 6.03. The Kier molecular flexibility index (Phi) is 4.46. The zero-order valence-corrected chi connectivity index (χ0v) is 13.4. The van der Waals surface area contributed by atoms with Gasteiger partial charge in [0.1, 0.15) is 0 Å². The second-order valence-corrected chi connectivity index (χ2v) is 6.03. The summed E-state index contributed by atoms with van der Waals surface area (Å²) in [4.78, 5) is 37.4. The van der Waals surface area contributed by atoms with Crippen molar-refractivity contribution in [2.24, 2.45) is 5.92 Å². The van der Waals surface area contributed by atoms with Crippen molar-refractivity contribution in [2.45, 2.75) is 13.0 Å². The number of carbonyl (C=O) groups is 2. The molecule has 2 aromatic rings. The van der Waals surface area contributed by atoms with Gasteiger partial charge in [-0.2, -0.15) is 0 Å². The third-order valence-electron chi connectivity index (χ3n) is 4.16. The highest BCUT2D eigenvalue weighted by Gasteiger charge is 2.32. The monoisotopic (exact) mass is 325 g/mol. The average Bonchev–Trinajstić information content (AvgIpc) is 2.91. The second kappa shape index (κ2) is 6.70. The summed E-state index contributed by atoms with van der Waals surface area (Å²) >= 11 is 0. The number of pyridine rings is 1. The fourth-order valence-electron chi connectivity index (χ4n) is 2.79. The van der Waals surface area contributed by atoms with E-state index in [1.165, 1.54) is 6.07 Å². The van der Waals surface area contributed by atoms with Gasteiger partial charge in [-0.3, -0.25) is 14.4 Å². The maximum Gasteiger partial charge on any atom is 0.250 e. The van der Waals surface area contributed by atoms with Crippen LogP contribution >= 0.6 is 0 Å². The standard InChI is InChI=1S/C18H19N3O3/c1-20-11-14(9-17(20)23)18(24)19-15-7-8-16(22)21(12-15)10-13-5-3-2-4-6-13/h2-8,12,14H,9-11H2,1H3,(H,19,24)/t14-/m0/s1. The van der Waals surface area contributed by atoms with Crippen LogP contribution in [-0.2, 0) is 16.1 Å². The Morgan fingerprint density at radius 1 is 1.17 bits per heavy atom. The van der Waals surface area contributed by atoms with Crippen molar-refractivity contribution in [3.63, 3.8) is 0 Å². The number of aromatic nitrogens is 1. The Labute approximate surface area is 139 Å². The van der Waals surface area contributed by atoms with Gasteiger partial charge in [0.05, 0.1) is 18.2 Å². The van der Waals surface area contributed by atoms with E-state index in [4.69, 9.17) is 0 Å². The predicted molar refractivity (Wildman–Crippen MR) is 90.6 cm³/mol. The summed E-state index contributed by atoms with van der Waals surface area (Å²) in [6.45, 7) is 0.863. The van der Waals surface area contributed by atoms with Crippen LogP contribution in [0.5, 0.6) is 0 Å². The van der Waals surface area contributed by atoms with Gasteiger partial charge in [-0.1, -0.05) is 30.3 Å². The van der Waals surface area contributed by atoms with Gasteiger partial charge in [-0.15, -0.1) is 0 Å². The largest absolute Gasteiger partial charge is 0.345 e. The number of nitrogens with one attached hydrogen (secondary N) is 1. The lowest BCUT2D eigenvalue weighted by Crippen LogP contribution is -2.27. The van der Waals surface area contributed by atoms with Gasteiger partial charge in [0.2, 0.25) is 11.8 Å². The first-order valence-electron chi connectivity index (χ1n) is 7.82. The van der Waals surface area contributed by atoms with E-state index in [0.29, 0.717) is 18.8 Å². The molecule has 0 radical (unpaired) electrons. The minimum atomic E-state index is -0.350. The van der Waals surface area contributed by atoms with Crippen molar-refractivity contribution >= 4 is 17.5 Å². The van der Waals surface area contributed by atoms with Gasteiger partial charge >= 0.3 is 0 Å². The Balaban J connectivity index is 1.73. The number of rotatable bonds is 4. The fourth-order valence-corrected chi connectivity index (χ4v) is 2.79. The Bertz CT molecular complexity index is 814. The highest BCUT2D eigenvalue weighted by atomic mass is 16.2. The van der Waals surface area contributed by atoms with Crippen molar-refractivity contribution in [1.29, 1.82) is 0 Å². The molecule has 1 aliphatic rings. The third-order valence-corrected chi connectivity index (χ3v) is 4.16. The number of benzene rings is 1. The summed E-state index contributed by atoms with van der Waals surface area (Å²) in [6, 6.07) is 12.7. The highest BCUT2D eigenvalue weighted by Crippen LogP contribution is 2.18. The number of nitrogens with zero attached hydrogens (tertiary/aromatic N) is 2. The van der Waals surface area contributed by atoms with Crippen LogP contribution in [0.25, 0.3) is 0 Å². The van der Waals surface area contributed by atoms with Crippen molar-refractivity contribution in [3.8, 4) is 0 Å². The van der Waals surface area contributed by atoms with Crippen LogP contribution in [0.3, 0.4) is 0 Å². The molecule has 0 bridgehead atoms. The number of anilines is 1. The Morgan fingerprint density at radius 2 is 1.92 bits per heavy atom. The summed E-state index contributed by atoms with van der Waals surface area (Å²) in [5, 5.41) is 2.80. The molecule has 1 aromatic heterocycles. The molecule has 1 fully saturated rings. The number of likely N-dealkylation sites (tertiary alicyclic amines) is 1. The Morgan fingerprint density at radius 3 is 2.58 bits per heavy atom. The first-order chi connectivity index (χ1) is 11.5. The molecule has 1 aromatic carbocycles. The van der Waals surface area contributed by atoms with Gasteiger partial charge in [0.15, 0.2) is 0 Å². The zero-order valence-electron chi connectivity index (χ0n) is 13.4. The van der Waals surface area contributed by atoms with E-state index in [9.17, 15) is 14.4 Å². The SMILES string of the molecule is CN1C[C@@H](C(=O)Nc2ccc(=O)n(Cc3ccccc3)c2)CC1=O. The summed E-state index contributed by atoms with van der Waals surface area (Å²) in [7, 11) is 1.69. The van der Waals surface area contributed by atoms with E-state index in [1.807, 2.05) is 30.3 Å². The average molecular weight is 325 g/mol. The van der Waals surface area contributed by atoms with E-state index in [2.05, 4.69) is 5.32 Å². The number of hydrogen-bond donors (Lipinski definition) is 1. The van der Waals surface area contributed by atoms with Gasteiger partial charge in [-0.05, 0) is 11.6 Å². The Hall–Kier alpha value is -2.89. The topological polar surface area (TPSA) is 71.4 Å². The smallest absolute Gasteiger partial charge is 0.250 e. The lowest BCUT2D eigenvalue weighted by Gasteiger charge is -2.13. The molecule has 6 nitrogen and oxygen atoms in total. The molecule has 1 N–H and O–H groups in total. The van der Waals surface area contributed by atoms with E-state index in [0.717, 1.165) is 5.56 Å². The molecule has 24 heavy (non-hydrogen) atoms. The van der Waals surface area contributed by atoms with Crippen molar-refractivity contribution in [1.82, 2.24) is 9.47 Å². The summed E-state index contributed by atoms with van der Waals surface area (Å²) in [6.07, 6.45) is 1.86. The van der Waals surface area contributed by atoms with Crippen LogP contribution in [-0.4, -0.2) is 34.9 Å². The minimum absolute atomic E-state index is 0.0239. The van der Waals surface area contributed by atoms with Crippen LogP contribution in [0.15, 0.2) is 53.5 Å².